The Morgan fingerprint density at radius 1 is 1.41 bits per heavy atom. The van der Waals surface area contributed by atoms with E-state index in [1.807, 2.05) is 0 Å². The molecule has 1 N–H and O–H groups in total. The molecule has 8 heteroatoms. The summed E-state index contributed by atoms with van der Waals surface area (Å²) in [6, 6.07) is 0. The van der Waals surface area contributed by atoms with E-state index in [1.54, 1.807) is 11.9 Å². The summed E-state index contributed by atoms with van der Waals surface area (Å²) in [5.74, 6) is 0.327. The summed E-state index contributed by atoms with van der Waals surface area (Å²) >= 11 is 0.541. The Balaban J connectivity index is 1.95. The maximum Gasteiger partial charge on any atom is 0.445 e. The van der Waals surface area contributed by atoms with Crippen molar-refractivity contribution in [3.63, 3.8) is 0 Å². The summed E-state index contributed by atoms with van der Waals surface area (Å²) < 4.78 is 36.9. The van der Waals surface area contributed by atoms with Crippen LogP contribution < -0.4 is 4.90 Å². The van der Waals surface area contributed by atoms with Gasteiger partial charge in [-0.2, -0.15) is 13.2 Å². The Morgan fingerprint density at radius 2 is 2.06 bits per heavy atom. The van der Waals surface area contributed by atoms with Crippen LogP contribution >= 0.6 is 11.3 Å². The lowest BCUT2D eigenvalue weighted by Crippen LogP contribution is -2.37. The fourth-order valence-electron chi connectivity index (χ4n) is 1.80. The SMILES string of the molecule is CN(CC1CC(O)C1)c1nnc(C(F)(F)F)s1. The highest BCUT2D eigenvalue weighted by molar-refractivity contribution is 7.15. The normalized spacial score (nSPS) is 24.5. The number of nitrogens with zero attached hydrogens (tertiary/aromatic N) is 3. The number of aliphatic hydroxyl groups excluding tert-OH is 1. The van der Waals surface area contributed by atoms with Crippen LogP contribution in [0.3, 0.4) is 0 Å². The number of rotatable bonds is 3. The van der Waals surface area contributed by atoms with Crippen LogP contribution in [0, 0.1) is 5.92 Å². The van der Waals surface area contributed by atoms with E-state index in [2.05, 4.69) is 10.2 Å². The minimum Gasteiger partial charge on any atom is -0.393 e. The highest BCUT2D eigenvalue weighted by Gasteiger charge is 2.36. The molecule has 17 heavy (non-hydrogen) atoms. The fourth-order valence-corrected chi connectivity index (χ4v) is 2.48. The fraction of sp³-hybridized carbons (Fsp3) is 0.778. The van der Waals surface area contributed by atoms with Crippen LogP contribution in [0.1, 0.15) is 17.8 Å². The third kappa shape index (κ3) is 2.86. The van der Waals surface area contributed by atoms with Crippen molar-refractivity contribution >= 4 is 16.5 Å². The van der Waals surface area contributed by atoms with E-state index in [1.165, 1.54) is 0 Å². The van der Waals surface area contributed by atoms with Crippen molar-refractivity contribution in [3.05, 3.63) is 5.01 Å². The molecule has 1 fully saturated rings. The molecule has 0 unspecified atom stereocenters. The number of aliphatic hydroxyl groups is 1. The molecule has 0 aliphatic heterocycles. The van der Waals surface area contributed by atoms with Crippen LogP contribution in [0.15, 0.2) is 0 Å². The Kier molecular flexibility index (Phi) is 3.26. The molecule has 0 atom stereocenters. The average molecular weight is 267 g/mol. The molecular formula is C9H12F3N3OS. The van der Waals surface area contributed by atoms with Crippen LogP contribution in [0.4, 0.5) is 18.3 Å². The van der Waals surface area contributed by atoms with Gasteiger partial charge in [0.2, 0.25) is 10.1 Å². The molecule has 96 valence electrons. The van der Waals surface area contributed by atoms with Gasteiger partial charge in [0.25, 0.3) is 0 Å². The van der Waals surface area contributed by atoms with Crippen molar-refractivity contribution in [3.8, 4) is 0 Å². The first-order valence-electron chi connectivity index (χ1n) is 5.16. The highest BCUT2D eigenvalue weighted by Crippen LogP contribution is 2.35. The second-order valence-corrected chi connectivity index (χ2v) is 5.22. The average Bonchev–Trinajstić information content (AvgIpc) is 2.63. The van der Waals surface area contributed by atoms with Crippen LogP contribution in [0.5, 0.6) is 0 Å². The Hall–Kier alpha value is -0.890. The maximum atomic E-state index is 12.3. The van der Waals surface area contributed by atoms with Gasteiger partial charge >= 0.3 is 6.18 Å². The van der Waals surface area contributed by atoms with Crippen LogP contribution in [-0.4, -0.2) is 35.0 Å². The lowest BCUT2D eigenvalue weighted by atomic mass is 9.82. The zero-order chi connectivity index (χ0) is 12.6. The minimum atomic E-state index is -4.43. The van der Waals surface area contributed by atoms with Gasteiger partial charge < -0.3 is 10.0 Å². The molecule has 0 amide bonds. The molecule has 0 radical (unpaired) electrons. The number of hydrogen-bond acceptors (Lipinski definition) is 5. The van der Waals surface area contributed by atoms with E-state index >= 15 is 0 Å². The summed E-state index contributed by atoms with van der Waals surface area (Å²) in [6.45, 7) is 0.601. The number of alkyl halides is 3. The number of hydrogen-bond donors (Lipinski definition) is 1. The molecule has 0 aromatic carbocycles. The van der Waals surface area contributed by atoms with E-state index < -0.39 is 11.2 Å². The monoisotopic (exact) mass is 267 g/mol. The second-order valence-electron chi connectivity index (χ2n) is 4.26. The molecule has 0 saturated heterocycles. The molecule has 1 heterocycles. The van der Waals surface area contributed by atoms with Gasteiger partial charge in [-0.25, -0.2) is 0 Å². The van der Waals surface area contributed by atoms with Crippen molar-refractivity contribution in [1.29, 1.82) is 0 Å². The van der Waals surface area contributed by atoms with Crippen molar-refractivity contribution in [2.75, 3.05) is 18.5 Å². The number of aromatic nitrogens is 2. The number of halogens is 3. The van der Waals surface area contributed by atoms with E-state index in [-0.39, 0.29) is 11.2 Å². The molecule has 0 spiro atoms. The molecule has 1 saturated carbocycles. The molecule has 4 nitrogen and oxygen atoms in total. The summed E-state index contributed by atoms with van der Waals surface area (Å²) in [4.78, 5) is 1.66. The summed E-state index contributed by atoms with van der Waals surface area (Å²) in [5, 5.41) is 15.1. The third-order valence-corrected chi connectivity index (χ3v) is 3.81. The van der Waals surface area contributed by atoms with Crippen LogP contribution in [0.25, 0.3) is 0 Å². The molecule has 0 bridgehead atoms. The van der Waals surface area contributed by atoms with Gasteiger partial charge in [-0.1, -0.05) is 11.3 Å². The van der Waals surface area contributed by atoms with E-state index in [0.29, 0.717) is 36.6 Å². The molecule has 2 rings (SSSR count). The summed E-state index contributed by atoms with van der Waals surface area (Å²) in [6.07, 6.45) is -3.28. The van der Waals surface area contributed by atoms with Gasteiger partial charge in [0.05, 0.1) is 6.10 Å². The highest BCUT2D eigenvalue weighted by atomic mass is 32.1. The van der Waals surface area contributed by atoms with Crippen molar-refractivity contribution in [2.45, 2.75) is 25.1 Å². The van der Waals surface area contributed by atoms with Crippen LogP contribution in [0.2, 0.25) is 0 Å². The standard InChI is InChI=1S/C9H12F3N3OS/c1-15(4-5-2-6(16)3-5)8-14-13-7(17-8)9(10,11)12/h5-6,16H,2-4H2,1H3. The first-order chi connectivity index (χ1) is 7.86. The topological polar surface area (TPSA) is 49.2 Å². The molecule has 1 aromatic heterocycles. The van der Waals surface area contributed by atoms with Gasteiger partial charge in [0, 0.05) is 13.6 Å². The zero-order valence-electron chi connectivity index (χ0n) is 9.11. The van der Waals surface area contributed by atoms with Gasteiger partial charge in [-0.3, -0.25) is 0 Å². The van der Waals surface area contributed by atoms with Crippen molar-refractivity contribution < 1.29 is 18.3 Å². The van der Waals surface area contributed by atoms with Gasteiger partial charge in [0.1, 0.15) is 0 Å². The van der Waals surface area contributed by atoms with Crippen molar-refractivity contribution in [1.82, 2.24) is 10.2 Å². The first-order valence-corrected chi connectivity index (χ1v) is 5.98. The Morgan fingerprint density at radius 3 is 2.53 bits per heavy atom. The molecule has 1 aliphatic carbocycles. The summed E-state index contributed by atoms with van der Waals surface area (Å²) in [5.41, 5.74) is 0. The first kappa shape index (κ1) is 12.6. The van der Waals surface area contributed by atoms with Gasteiger partial charge in [-0.15, -0.1) is 10.2 Å². The van der Waals surface area contributed by atoms with Crippen molar-refractivity contribution in [2.24, 2.45) is 5.92 Å². The largest absolute Gasteiger partial charge is 0.445 e. The van der Waals surface area contributed by atoms with E-state index in [0.717, 1.165) is 0 Å². The third-order valence-electron chi connectivity index (χ3n) is 2.73. The molecular weight excluding hydrogens is 255 g/mol. The van der Waals surface area contributed by atoms with Gasteiger partial charge in [-0.05, 0) is 18.8 Å². The zero-order valence-corrected chi connectivity index (χ0v) is 9.92. The molecule has 1 aliphatic rings. The second kappa shape index (κ2) is 4.41. The minimum absolute atomic E-state index is 0.256. The summed E-state index contributed by atoms with van der Waals surface area (Å²) in [7, 11) is 1.69. The maximum absolute atomic E-state index is 12.3. The quantitative estimate of drug-likeness (QED) is 0.906. The molecule has 1 aromatic rings. The lowest BCUT2D eigenvalue weighted by Gasteiger charge is -2.34. The Bertz CT molecular complexity index is 389. The van der Waals surface area contributed by atoms with Gasteiger partial charge in [0.15, 0.2) is 0 Å². The van der Waals surface area contributed by atoms with Crippen LogP contribution in [-0.2, 0) is 6.18 Å². The van der Waals surface area contributed by atoms with E-state index in [4.69, 9.17) is 5.11 Å². The predicted octanol–water partition coefficient (Wildman–Crippen LogP) is 1.76. The van der Waals surface area contributed by atoms with E-state index in [9.17, 15) is 13.2 Å². The smallest absolute Gasteiger partial charge is 0.393 e. The number of anilines is 1. The predicted molar refractivity (Wildman–Crippen MR) is 56.9 cm³/mol. The lowest BCUT2D eigenvalue weighted by molar-refractivity contribution is -0.138. The Labute approximate surface area is 100 Å².